The Morgan fingerprint density at radius 1 is 1.25 bits per heavy atom. The van der Waals surface area contributed by atoms with E-state index in [1.165, 1.54) is 11.0 Å². The van der Waals surface area contributed by atoms with Gasteiger partial charge in [0.2, 0.25) is 5.91 Å². The van der Waals surface area contributed by atoms with Crippen LogP contribution in [-0.2, 0) is 4.79 Å². The van der Waals surface area contributed by atoms with Crippen LogP contribution >= 0.6 is 0 Å². The molecule has 16 heavy (non-hydrogen) atoms. The van der Waals surface area contributed by atoms with Gasteiger partial charge in [-0.2, -0.15) is 0 Å². The normalized spacial score (nSPS) is 10.2. The molecule has 4 heteroatoms. The fourth-order valence-electron chi connectivity index (χ4n) is 1.50. The number of carbonyl (C=O) groups is 1. The molecule has 0 aromatic heterocycles. The molecule has 1 amide bonds. The molecule has 2 nitrogen and oxygen atoms in total. The summed E-state index contributed by atoms with van der Waals surface area (Å²) in [4.78, 5) is 13.1. The quantitative estimate of drug-likeness (QED) is 0.773. The van der Waals surface area contributed by atoms with Crippen LogP contribution in [0.4, 0.5) is 14.5 Å². The summed E-state index contributed by atoms with van der Waals surface area (Å²) < 4.78 is 25.7. The van der Waals surface area contributed by atoms with Gasteiger partial charge in [-0.25, -0.2) is 8.78 Å². The summed E-state index contributed by atoms with van der Waals surface area (Å²) in [5, 5.41) is 0. The molecule has 0 radical (unpaired) electrons. The van der Waals surface area contributed by atoms with Crippen molar-refractivity contribution in [3.63, 3.8) is 0 Å². The number of hydrogen-bond donors (Lipinski definition) is 0. The molecule has 0 aliphatic heterocycles. The van der Waals surface area contributed by atoms with E-state index in [4.69, 9.17) is 0 Å². The summed E-state index contributed by atoms with van der Waals surface area (Å²) in [5.41, 5.74) is 0.403. The molecule has 0 saturated carbocycles. The zero-order valence-electron chi connectivity index (χ0n) is 9.46. The highest BCUT2D eigenvalue weighted by molar-refractivity contribution is 5.93. The Balaban J connectivity index is 2.95. The van der Waals surface area contributed by atoms with Gasteiger partial charge in [0.15, 0.2) is 11.6 Å². The summed E-state index contributed by atoms with van der Waals surface area (Å²) in [5.74, 6) is -1.90. The lowest BCUT2D eigenvalue weighted by atomic mass is 10.2. The highest BCUT2D eigenvalue weighted by Gasteiger charge is 2.14. The first-order valence-corrected chi connectivity index (χ1v) is 5.35. The van der Waals surface area contributed by atoms with Gasteiger partial charge in [0.25, 0.3) is 0 Å². The molecule has 0 unspecified atom stereocenters. The summed E-state index contributed by atoms with van der Waals surface area (Å²) >= 11 is 0. The first-order valence-electron chi connectivity index (χ1n) is 5.35. The average Bonchev–Trinajstić information content (AvgIpc) is 2.25. The van der Waals surface area contributed by atoms with Crippen LogP contribution in [0.15, 0.2) is 18.2 Å². The molecule has 0 N–H and O–H groups in total. The van der Waals surface area contributed by atoms with Crippen LogP contribution in [0.2, 0.25) is 0 Å². The van der Waals surface area contributed by atoms with E-state index < -0.39 is 11.6 Å². The zero-order chi connectivity index (χ0) is 12.1. The van der Waals surface area contributed by atoms with Crippen LogP contribution in [-0.4, -0.2) is 12.5 Å². The second-order valence-electron chi connectivity index (χ2n) is 3.49. The lowest BCUT2D eigenvalue weighted by Crippen LogP contribution is -2.30. The Kier molecular flexibility index (Phi) is 4.40. The van der Waals surface area contributed by atoms with Crippen molar-refractivity contribution in [3.05, 3.63) is 29.8 Å². The van der Waals surface area contributed by atoms with Gasteiger partial charge < -0.3 is 4.90 Å². The van der Waals surface area contributed by atoms with E-state index in [9.17, 15) is 13.6 Å². The number of amides is 1. The van der Waals surface area contributed by atoms with E-state index in [0.29, 0.717) is 18.7 Å². The SMILES string of the molecule is CCCC(=O)N(CC)c1ccc(F)c(F)c1. The average molecular weight is 227 g/mol. The number of nitrogens with zero attached hydrogens (tertiary/aromatic N) is 1. The van der Waals surface area contributed by atoms with Crippen molar-refractivity contribution in [1.82, 2.24) is 0 Å². The van der Waals surface area contributed by atoms with Crippen molar-refractivity contribution in [2.45, 2.75) is 26.7 Å². The molecule has 0 aliphatic carbocycles. The number of anilines is 1. The molecule has 88 valence electrons. The predicted octanol–water partition coefficient (Wildman–Crippen LogP) is 3.12. The molecule has 0 aliphatic rings. The third-order valence-electron chi connectivity index (χ3n) is 2.30. The van der Waals surface area contributed by atoms with Crippen molar-refractivity contribution in [1.29, 1.82) is 0 Å². The van der Waals surface area contributed by atoms with E-state index in [1.54, 1.807) is 6.92 Å². The molecule has 1 aromatic rings. The number of rotatable bonds is 4. The Bertz CT molecular complexity index is 379. The molecule has 0 atom stereocenters. The van der Waals surface area contributed by atoms with Gasteiger partial charge in [-0.1, -0.05) is 6.92 Å². The lowest BCUT2D eigenvalue weighted by molar-refractivity contribution is -0.118. The Labute approximate surface area is 93.9 Å². The maximum absolute atomic E-state index is 13.0. The van der Waals surface area contributed by atoms with Crippen LogP contribution in [0.25, 0.3) is 0 Å². The minimum Gasteiger partial charge on any atom is -0.313 e. The lowest BCUT2D eigenvalue weighted by Gasteiger charge is -2.20. The van der Waals surface area contributed by atoms with Crippen molar-refractivity contribution in [2.75, 3.05) is 11.4 Å². The van der Waals surface area contributed by atoms with Gasteiger partial charge in [0, 0.05) is 24.7 Å². The van der Waals surface area contributed by atoms with E-state index >= 15 is 0 Å². The molecule has 0 bridgehead atoms. The number of halogens is 2. The van der Waals surface area contributed by atoms with Crippen molar-refractivity contribution >= 4 is 11.6 Å². The van der Waals surface area contributed by atoms with Crippen LogP contribution in [0.1, 0.15) is 26.7 Å². The molecule has 0 fully saturated rings. The van der Waals surface area contributed by atoms with Crippen molar-refractivity contribution in [2.24, 2.45) is 0 Å². The molecule has 1 rings (SSSR count). The smallest absolute Gasteiger partial charge is 0.226 e. The largest absolute Gasteiger partial charge is 0.313 e. The maximum atomic E-state index is 13.0. The highest BCUT2D eigenvalue weighted by Crippen LogP contribution is 2.18. The summed E-state index contributed by atoms with van der Waals surface area (Å²) in [7, 11) is 0. The van der Waals surface area contributed by atoms with Gasteiger partial charge in [-0.15, -0.1) is 0 Å². The number of carbonyl (C=O) groups excluding carboxylic acids is 1. The first-order chi connectivity index (χ1) is 7.60. The maximum Gasteiger partial charge on any atom is 0.226 e. The van der Waals surface area contributed by atoms with E-state index in [2.05, 4.69) is 0 Å². The van der Waals surface area contributed by atoms with Gasteiger partial charge in [0.05, 0.1) is 0 Å². The molecule has 0 heterocycles. The van der Waals surface area contributed by atoms with Crippen molar-refractivity contribution < 1.29 is 13.6 Å². The van der Waals surface area contributed by atoms with Gasteiger partial charge in [0.1, 0.15) is 0 Å². The summed E-state index contributed by atoms with van der Waals surface area (Å²) in [6, 6.07) is 3.49. The third-order valence-corrected chi connectivity index (χ3v) is 2.30. The predicted molar refractivity (Wildman–Crippen MR) is 59.3 cm³/mol. The first kappa shape index (κ1) is 12.6. The second kappa shape index (κ2) is 5.58. The molecule has 0 spiro atoms. The summed E-state index contributed by atoms with van der Waals surface area (Å²) in [6.45, 7) is 4.15. The van der Waals surface area contributed by atoms with Crippen LogP contribution in [0.5, 0.6) is 0 Å². The van der Waals surface area contributed by atoms with Gasteiger partial charge >= 0.3 is 0 Å². The molecular weight excluding hydrogens is 212 g/mol. The van der Waals surface area contributed by atoms with E-state index in [0.717, 1.165) is 18.6 Å². The monoisotopic (exact) mass is 227 g/mol. The van der Waals surface area contributed by atoms with Crippen molar-refractivity contribution in [3.8, 4) is 0 Å². The van der Waals surface area contributed by atoms with Gasteiger partial charge in [-0.3, -0.25) is 4.79 Å². The minimum atomic E-state index is -0.930. The second-order valence-corrected chi connectivity index (χ2v) is 3.49. The Morgan fingerprint density at radius 3 is 2.44 bits per heavy atom. The highest BCUT2D eigenvalue weighted by atomic mass is 19.2. The molecule has 0 saturated heterocycles. The third kappa shape index (κ3) is 2.78. The number of benzene rings is 1. The van der Waals surface area contributed by atoms with Crippen LogP contribution < -0.4 is 4.90 Å². The summed E-state index contributed by atoms with van der Waals surface area (Å²) in [6.07, 6.45) is 1.14. The standard InChI is InChI=1S/C12H15F2NO/c1-3-5-12(16)15(4-2)9-6-7-10(13)11(14)8-9/h6-8H,3-5H2,1-2H3. The van der Waals surface area contributed by atoms with Crippen LogP contribution in [0, 0.1) is 11.6 Å². The molecule has 1 aromatic carbocycles. The number of hydrogen-bond acceptors (Lipinski definition) is 1. The van der Waals surface area contributed by atoms with Gasteiger partial charge in [-0.05, 0) is 25.5 Å². The Hall–Kier alpha value is -1.45. The topological polar surface area (TPSA) is 20.3 Å². The van der Waals surface area contributed by atoms with E-state index in [-0.39, 0.29) is 5.91 Å². The fraction of sp³-hybridized carbons (Fsp3) is 0.417. The fourth-order valence-corrected chi connectivity index (χ4v) is 1.50. The van der Waals surface area contributed by atoms with E-state index in [1.807, 2.05) is 6.92 Å². The van der Waals surface area contributed by atoms with Crippen LogP contribution in [0.3, 0.4) is 0 Å². The molecular formula is C12H15F2NO. The zero-order valence-corrected chi connectivity index (χ0v) is 9.46. The Morgan fingerprint density at radius 2 is 1.94 bits per heavy atom. The minimum absolute atomic E-state index is 0.0731.